The number of rotatable bonds is 6. The Labute approximate surface area is 172 Å². The summed E-state index contributed by atoms with van der Waals surface area (Å²) in [6.45, 7) is 1.60. The highest BCUT2D eigenvalue weighted by molar-refractivity contribution is 6.07. The van der Waals surface area contributed by atoms with Gasteiger partial charge in [0.15, 0.2) is 0 Å². The fourth-order valence-electron chi connectivity index (χ4n) is 3.19. The van der Waals surface area contributed by atoms with Crippen LogP contribution >= 0.6 is 0 Å². The third-order valence-corrected chi connectivity index (χ3v) is 4.58. The highest BCUT2D eigenvalue weighted by atomic mass is 16.6. The zero-order valence-electron chi connectivity index (χ0n) is 16.5. The molecular formula is C20H20N4O6. The summed E-state index contributed by atoms with van der Waals surface area (Å²) < 4.78 is 10.7. The Morgan fingerprint density at radius 2 is 1.93 bits per heavy atom. The lowest BCUT2D eigenvalue weighted by Crippen LogP contribution is -2.46. The number of methoxy groups -OCH3 is 2. The van der Waals surface area contributed by atoms with Crippen LogP contribution in [0.5, 0.6) is 11.5 Å². The highest BCUT2D eigenvalue weighted by Gasteiger charge is 2.33. The van der Waals surface area contributed by atoms with Crippen LogP contribution in [0, 0.1) is 10.1 Å². The fraction of sp³-hybridized carbons (Fsp3) is 0.200. The minimum Gasteiger partial charge on any atom is -0.497 e. The Morgan fingerprint density at radius 3 is 2.60 bits per heavy atom. The Hall–Kier alpha value is -4.08. The number of amides is 3. The standard InChI is InChI=1S/C20H20N4O6/c1-11-17(19(25)22-12-5-4-6-13(9-12)24(27)28)18(23-20(26)21-11)15-10-14(29-2)7-8-16(15)30-3/h4-10,18H,1-3H3,(H,22,25)(H2,21,23,26). The van der Waals surface area contributed by atoms with Crippen LogP contribution in [0.3, 0.4) is 0 Å². The molecule has 0 aromatic heterocycles. The molecule has 3 N–H and O–H groups in total. The molecule has 0 spiro atoms. The second-order valence-electron chi connectivity index (χ2n) is 6.44. The molecule has 10 nitrogen and oxygen atoms in total. The Kier molecular flexibility index (Phi) is 5.86. The third kappa shape index (κ3) is 4.17. The molecule has 1 heterocycles. The molecule has 1 unspecified atom stereocenters. The number of hydrogen-bond acceptors (Lipinski definition) is 6. The smallest absolute Gasteiger partial charge is 0.319 e. The van der Waals surface area contributed by atoms with Crippen molar-refractivity contribution in [3.8, 4) is 11.5 Å². The number of nitrogens with zero attached hydrogens (tertiary/aromatic N) is 1. The van der Waals surface area contributed by atoms with Gasteiger partial charge in [-0.2, -0.15) is 0 Å². The number of hydrogen-bond donors (Lipinski definition) is 3. The first-order valence-corrected chi connectivity index (χ1v) is 8.90. The van der Waals surface area contributed by atoms with Crippen molar-refractivity contribution in [1.82, 2.24) is 10.6 Å². The molecule has 156 valence electrons. The van der Waals surface area contributed by atoms with E-state index in [1.807, 2.05) is 0 Å². The molecule has 30 heavy (non-hydrogen) atoms. The second-order valence-corrected chi connectivity index (χ2v) is 6.44. The average molecular weight is 412 g/mol. The van der Waals surface area contributed by atoms with Gasteiger partial charge in [-0.3, -0.25) is 14.9 Å². The van der Waals surface area contributed by atoms with Gasteiger partial charge in [0.05, 0.1) is 30.8 Å². The lowest BCUT2D eigenvalue weighted by molar-refractivity contribution is -0.384. The average Bonchev–Trinajstić information content (AvgIpc) is 2.72. The van der Waals surface area contributed by atoms with E-state index >= 15 is 0 Å². The summed E-state index contributed by atoms with van der Waals surface area (Å²) >= 11 is 0. The first-order valence-electron chi connectivity index (χ1n) is 8.90. The fourth-order valence-corrected chi connectivity index (χ4v) is 3.19. The normalized spacial score (nSPS) is 15.7. The van der Waals surface area contributed by atoms with E-state index in [2.05, 4.69) is 16.0 Å². The van der Waals surface area contributed by atoms with Crippen molar-refractivity contribution in [2.24, 2.45) is 0 Å². The Morgan fingerprint density at radius 1 is 1.17 bits per heavy atom. The van der Waals surface area contributed by atoms with Gasteiger partial charge in [0, 0.05) is 29.1 Å². The molecule has 0 saturated carbocycles. The molecule has 0 bridgehead atoms. The summed E-state index contributed by atoms with van der Waals surface area (Å²) in [4.78, 5) is 35.7. The van der Waals surface area contributed by atoms with Crippen molar-refractivity contribution < 1.29 is 24.0 Å². The van der Waals surface area contributed by atoms with Gasteiger partial charge in [-0.05, 0) is 31.2 Å². The summed E-state index contributed by atoms with van der Waals surface area (Å²) in [5.74, 6) is 0.446. The van der Waals surface area contributed by atoms with E-state index in [4.69, 9.17) is 9.47 Å². The van der Waals surface area contributed by atoms with Crippen molar-refractivity contribution >= 4 is 23.3 Å². The van der Waals surface area contributed by atoms with E-state index in [-0.39, 0.29) is 16.9 Å². The van der Waals surface area contributed by atoms with Gasteiger partial charge in [0.25, 0.3) is 11.6 Å². The molecule has 0 radical (unpaired) electrons. The molecule has 10 heteroatoms. The summed E-state index contributed by atoms with van der Waals surface area (Å²) in [6, 6.07) is 9.32. The van der Waals surface area contributed by atoms with Gasteiger partial charge in [0.2, 0.25) is 0 Å². The molecule has 3 amide bonds. The molecule has 1 aliphatic heterocycles. The lowest BCUT2D eigenvalue weighted by atomic mass is 9.93. The number of nitro groups is 1. The number of benzene rings is 2. The van der Waals surface area contributed by atoms with Crippen molar-refractivity contribution in [2.75, 3.05) is 19.5 Å². The first-order chi connectivity index (χ1) is 14.3. The van der Waals surface area contributed by atoms with E-state index in [0.717, 1.165) is 0 Å². The van der Waals surface area contributed by atoms with Crippen LogP contribution in [-0.2, 0) is 4.79 Å². The van der Waals surface area contributed by atoms with E-state index in [1.54, 1.807) is 25.1 Å². The predicted octanol–water partition coefficient (Wildman–Crippen LogP) is 2.88. The van der Waals surface area contributed by atoms with Crippen LogP contribution in [0.15, 0.2) is 53.7 Å². The summed E-state index contributed by atoms with van der Waals surface area (Å²) in [7, 11) is 2.98. The van der Waals surface area contributed by atoms with Crippen LogP contribution in [0.4, 0.5) is 16.2 Å². The number of carbonyl (C=O) groups is 2. The topological polar surface area (TPSA) is 132 Å². The Bertz CT molecular complexity index is 1050. The van der Waals surface area contributed by atoms with E-state index in [0.29, 0.717) is 22.8 Å². The number of non-ortho nitro benzene ring substituents is 1. The van der Waals surface area contributed by atoms with E-state index in [1.165, 1.54) is 38.5 Å². The van der Waals surface area contributed by atoms with Crippen molar-refractivity contribution in [1.29, 1.82) is 0 Å². The van der Waals surface area contributed by atoms with Crippen LogP contribution in [0.25, 0.3) is 0 Å². The lowest BCUT2D eigenvalue weighted by Gasteiger charge is -2.29. The van der Waals surface area contributed by atoms with Gasteiger partial charge in [0.1, 0.15) is 11.5 Å². The molecule has 0 fully saturated rings. The zero-order valence-corrected chi connectivity index (χ0v) is 16.5. The van der Waals surface area contributed by atoms with Crippen LogP contribution < -0.4 is 25.4 Å². The highest BCUT2D eigenvalue weighted by Crippen LogP contribution is 2.36. The quantitative estimate of drug-likeness (QED) is 0.494. The molecule has 0 saturated heterocycles. The maximum absolute atomic E-state index is 13.1. The monoisotopic (exact) mass is 412 g/mol. The minimum atomic E-state index is -0.831. The summed E-state index contributed by atoms with van der Waals surface area (Å²) in [6.07, 6.45) is 0. The van der Waals surface area contributed by atoms with Crippen LogP contribution in [0.1, 0.15) is 18.5 Å². The maximum atomic E-state index is 13.1. The van der Waals surface area contributed by atoms with Gasteiger partial charge >= 0.3 is 6.03 Å². The van der Waals surface area contributed by atoms with Gasteiger partial charge < -0.3 is 25.4 Å². The number of urea groups is 1. The van der Waals surface area contributed by atoms with Gasteiger partial charge in [-0.1, -0.05) is 6.07 Å². The first kappa shape index (κ1) is 20.6. The number of carbonyl (C=O) groups excluding carboxylic acids is 2. The molecule has 3 rings (SSSR count). The van der Waals surface area contributed by atoms with Gasteiger partial charge in [-0.25, -0.2) is 4.79 Å². The minimum absolute atomic E-state index is 0.153. The second kappa shape index (κ2) is 8.52. The van der Waals surface area contributed by atoms with Crippen molar-refractivity contribution in [2.45, 2.75) is 13.0 Å². The van der Waals surface area contributed by atoms with Crippen molar-refractivity contribution in [3.63, 3.8) is 0 Å². The Balaban J connectivity index is 2.01. The summed E-state index contributed by atoms with van der Waals surface area (Å²) in [5, 5.41) is 19.0. The molecule has 2 aromatic rings. The third-order valence-electron chi connectivity index (χ3n) is 4.58. The largest absolute Gasteiger partial charge is 0.497 e. The molecule has 1 aliphatic rings. The van der Waals surface area contributed by atoms with Crippen molar-refractivity contribution in [3.05, 3.63) is 69.4 Å². The molecular weight excluding hydrogens is 392 g/mol. The molecule has 1 atom stereocenters. The predicted molar refractivity (Wildman–Crippen MR) is 108 cm³/mol. The molecule has 0 aliphatic carbocycles. The number of anilines is 1. The number of nitro benzene ring substituents is 1. The van der Waals surface area contributed by atoms with E-state index < -0.39 is 22.9 Å². The number of allylic oxidation sites excluding steroid dienone is 1. The maximum Gasteiger partial charge on any atom is 0.319 e. The van der Waals surface area contributed by atoms with Crippen LogP contribution in [0.2, 0.25) is 0 Å². The number of nitrogens with one attached hydrogen (secondary N) is 3. The molecule has 2 aromatic carbocycles. The SMILES string of the molecule is COc1ccc(OC)c(C2NC(=O)NC(C)=C2C(=O)Nc2cccc([N+](=O)[O-])c2)c1. The zero-order chi connectivity index (χ0) is 21.8. The van der Waals surface area contributed by atoms with E-state index in [9.17, 15) is 19.7 Å². The van der Waals surface area contributed by atoms with Gasteiger partial charge in [-0.15, -0.1) is 0 Å². The number of ether oxygens (including phenoxy) is 2. The summed E-state index contributed by atoms with van der Waals surface area (Å²) in [5.41, 5.74) is 1.20. The van der Waals surface area contributed by atoms with Crippen LogP contribution in [-0.4, -0.2) is 31.1 Å².